The molecule has 27 heavy (non-hydrogen) atoms. The van der Waals surface area contributed by atoms with Crippen LogP contribution in [-0.2, 0) is 4.79 Å². The third kappa shape index (κ3) is 4.12. The van der Waals surface area contributed by atoms with Crippen molar-refractivity contribution in [1.29, 1.82) is 0 Å². The van der Waals surface area contributed by atoms with E-state index in [1.54, 1.807) is 12.1 Å². The lowest BCUT2D eigenvalue weighted by molar-refractivity contribution is -0.122. The fourth-order valence-electron chi connectivity index (χ4n) is 3.17. The molecule has 0 unspecified atom stereocenters. The van der Waals surface area contributed by atoms with Gasteiger partial charge >= 0.3 is 0 Å². The maximum absolute atomic E-state index is 12.8. The number of nitrogens with zero attached hydrogens (tertiary/aromatic N) is 1. The molecule has 1 aliphatic heterocycles. The van der Waals surface area contributed by atoms with Gasteiger partial charge in [0.05, 0.1) is 0 Å². The third-order valence-corrected chi connectivity index (χ3v) is 4.63. The number of nitrogens with one attached hydrogen (secondary N) is 1. The highest BCUT2D eigenvalue weighted by atomic mass is 35.5. The summed E-state index contributed by atoms with van der Waals surface area (Å²) < 4.78 is 0. The molecule has 2 aromatic rings. The molecule has 0 fully saturated rings. The molecule has 3 amide bonds. The molecule has 7 heteroatoms. The first-order valence-corrected chi connectivity index (χ1v) is 8.73. The van der Waals surface area contributed by atoms with Gasteiger partial charge in [-0.05, 0) is 37.8 Å². The molecule has 144 valence electrons. The number of amides is 3. The van der Waals surface area contributed by atoms with Crippen LogP contribution < -0.4 is 11.1 Å². The van der Waals surface area contributed by atoms with Crippen molar-refractivity contribution in [3.63, 3.8) is 0 Å². The van der Waals surface area contributed by atoms with Crippen LogP contribution in [0.1, 0.15) is 47.4 Å². The summed E-state index contributed by atoms with van der Waals surface area (Å²) in [5.41, 5.74) is 6.20. The maximum atomic E-state index is 12.8. The fraction of sp³-hybridized carbons (Fsp3) is 0.350. The van der Waals surface area contributed by atoms with Gasteiger partial charge in [0.2, 0.25) is 5.91 Å². The van der Waals surface area contributed by atoms with Crippen molar-refractivity contribution in [2.24, 2.45) is 5.73 Å². The lowest BCUT2D eigenvalue weighted by Gasteiger charge is -2.27. The van der Waals surface area contributed by atoms with E-state index in [0.29, 0.717) is 29.5 Å². The lowest BCUT2D eigenvalue weighted by Crippen LogP contribution is -2.49. The second-order valence-corrected chi connectivity index (χ2v) is 7.21. The van der Waals surface area contributed by atoms with E-state index in [0.717, 1.165) is 5.39 Å². The van der Waals surface area contributed by atoms with Gasteiger partial charge in [-0.25, -0.2) is 0 Å². The van der Waals surface area contributed by atoms with Crippen LogP contribution in [-0.4, -0.2) is 41.2 Å². The molecule has 3 rings (SSSR count). The van der Waals surface area contributed by atoms with Gasteiger partial charge in [0.1, 0.15) is 0 Å². The minimum absolute atomic E-state index is 0. The van der Waals surface area contributed by atoms with Crippen molar-refractivity contribution in [3.8, 4) is 0 Å². The van der Waals surface area contributed by atoms with Crippen molar-refractivity contribution in [1.82, 2.24) is 10.2 Å². The number of hydrogen-bond donors (Lipinski definition) is 2. The molecular formula is C20H24ClN3O3. The molecule has 0 aromatic heterocycles. The Morgan fingerprint density at radius 3 is 2.15 bits per heavy atom. The van der Waals surface area contributed by atoms with Crippen LogP contribution in [0.25, 0.3) is 10.8 Å². The summed E-state index contributed by atoms with van der Waals surface area (Å²) in [5, 5.41) is 4.44. The number of nitrogens with two attached hydrogens (primary N) is 1. The van der Waals surface area contributed by atoms with Gasteiger partial charge in [0.15, 0.2) is 0 Å². The van der Waals surface area contributed by atoms with E-state index in [2.05, 4.69) is 5.32 Å². The molecule has 1 heterocycles. The number of benzene rings is 2. The van der Waals surface area contributed by atoms with Gasteiger partial charge in [-0.1, -0.05) is 24.3 Å². The van der Waals surface area contributed by atoms with Crippen molar-refractivity contribution < 1.29 is 14.4 Å². The largest absolute Gasteiger partial charge is 0.350 e. The van der Waals surface area contributed by atoms with Crippen LogP contribution >= 0.6 is 12.4 Å². The number of rotatable bonds is 6. The molecule has 1 aliphatic rings. The molecule has 0 radical (unpaired) electrons. The Morgan fingerprint density at radius 1 is 1.07 bits per heavy atom. The maximum Gasteiger partial charge on any atom is 0.261 e. The smallest absolute Gasteiger partial charge is 0.261 e. The van der Waals surface area contributed by atoms with Crippen LogP contribution in [0.3, 0.4) is 0 Å². The summed E-state index contributed by atoms with van der Waals surface area (Å²) in [6.07, 6.45) is 0.633. The standard InChI is InChI=1S/C20H23N3O3.ClH/c1-20(2,12-21)22-16(24)10-5-11-23-18(25)14-8-3-6-13-7-4-9-15(17(13)14)19(23)26;/h3-4,6-9H,5,10-12,21H2,1-2H3,(H,22,24);1H. The van der Waals surface area contributed by atoms with Crippen LogP contribution in [0.2, 0.25) is 0 Å². The first-order valence-electron chi connectivity index (χ1n) is 8.73. The molecule has 0 saturated carbocycles. The minimum atomic E-state index is -0.470. The van der Waals surface area contributed by atoms with Crippen LogP contribution in [0, 0.1) is 0 Å². The first kappa shape index (κ1) is 20.9. The van der Waals surface area contributed by atoms with Crippen LogP contribution in [0.15, 0.2) is 36.4 Å². The quantitative estimate of drug-likeness (QED) is 0.742. The highest BCUT2D eigenvalue weighted by Gasteiger charge is 2.32. The van der Waals surface area contributed by atoms with E-state index in [1.807, 2.05) is 38.1 Å². The highest BCUT2D eigenvalue weighted by molar-refractivity contribution is 6.25. The second-order valence-electron chi connectivity index (χ2n) is 7.21. The van der Waals surface area contributed by atoms with E-state index in [9.17, 15) is 14.4 Å². The van der Waals surface area contributed by atoms with Crippen molar-refractivity contribution in [2.75, 3.05) is 13.1 Å². The summed E-state index contributed by atoms with van der Waals surface area (Å²) in [6, 6.07) is 10.9. The Labute approximate surface area is 164 Å². The third-order valence-electron chi connectivity index (χ3n) is 4.63. The predicted octanol–water partition coefficient (Wildman–Crippen LogP) is 2.49. The van der Waals surface area contributed by atoms with Gasteiger partial charge in [0.25, 0.3) is 11.8 Å². The number of halogens is 1. The van der Waals surface area contributed by atoms with Gasteiger partial charge in [-0.3, -0.25) is 19.3 Å². The van der Waals surface area contributed by atoms with Gasteiger partial charge in [0, 0.05) is 41.6 Å². The van der Waals surface area contributed by atoms with Crippen molar-refractivity contribution in [2.45, 2.75) is 32.2 Å². The normalized spacial score (nSPS) is 13.5. The van der Waals surface area contributed by atoms with Gasteiger partial charge in [-0.2, -0.15) is 0 Å². The zero-order valence-corrected chi connectivity index (χ0v) is 16.3. The minimum Gasteiger partial charge on any atom is -0.350 e. The van der Waals surface area contributed by atoms with Crippen LogP contribution in [0.5, 0.6) is 0 Å². The molecule has 0 atom stereocenters. The summed E-state index contributed by atoms with van der Waals surface area (Å²) in [5.74, 6) is -0.746. The van der Waals surface area contributed by atoms with E-state index >= 15 is 0 Å². The average Bonchev–Trinajstić information content (AvgIpc) is 2.62. The van der Waals surface area contributed by atoms with Gasteiger partial charge < -0.3 is 11.1 Å². The summed E-state index contributed by atoms with van der Waals surface area (Å²) >= 11 is 0. The Kier molecular flexibility index (Phi) is 6.23. The van der Waals surface area contributed by atoms with Crippen molar-refractivity contribution in [3.05, 3.63) is 47.5 Å². The zero-order chi connectivity index (χ0) is 18.9. The number of carbonyl (C=O) groups is 3. The summed E-state index contributed by atoms with van der Waals surface area (Å²) in [4.78, 5) is 38.8. The SMILES string of the molecule is CC(C)(CN)NC(=O)CCCN1C(=O)c2cccc3cccc(c23)C1=O.Cl. The highest BCUT2D eigenvalue weighted by Crippen LogP contribution is 2.30. The Hall–Kier alpha value is -2.44. The van der Waals surface area contributed by atoms with Gasteiger partial charge in [-0.15, -0.1) is 12.4 Å². The molecular weight excluding hydrogens is 366 g/mol. The van der Waals surface area contributed by atoms with E-state index < -0.39 is 5.54 Å². The lowest BCUT2D eigenvalue weighted by atomic mass is 9.94. The van der Waals surface area contributed by atoms with E-state index in [-0.39, 0.29) is 43.1 Å². The van der Waals surface area contributed by atoms with E-state index in [4.69, 9.17) is 5.73 Å². The fourth-order valence-corrected chi connectivity index (χ4v) is 3.17. The second kappa shape index (κ2) is 8.06. The molecule has 0 spiro atoms. The summed E-state index contributed by atoms with van der Waals surface area (Å²) in [7, 11) is 0. The van der Waals surface area contributed by atoms with Crippen LogP contribution in [0.4, 0.5) is 0 Å². The van der Waals surface area contributed by atoms with Crippen molar-refractivity contribution >= 4 is 40.9 Å². The Balaban J connectivity index is 0.00000261. The molecule has 0 aliphatic carbocycles. The topological polar surface area (TPSA) is 92.5 Å². The average molecular weight is 390 g/mol. The molecule has 6 nitrogen and oxygen atoms in total. The summed E-state index contributed by atoms with van der Waals surface area (Å²) in [6.45, 7) is 4.24. The molecule has 0 saturated heterocycles. The van der Waals surface area contributed by atoms with E-state index in [1.165, 1.54) is 4.90 Å². The number of carbonyl (C=O) groups excluding carboxylic acids is 3. The first-order chi connectivity index (χ1) is 12.3. The molecule has 3 N–H and O–H groups in total. The molecule has 2 aromatic carbocycles. The Bertz CT molecular complexity index is 844. The predicted molar refractivity (Wildman–Crippen MR) is 107 cm³/mol. The molecule has 0 bridgehead atoms. The number of hydrogen-bond acceptors (Lipinski definition) is 4. The monoisotopic (exact) mass is 389 g/mol. The Morgan fingerprint density at radius 2 is 1.63 bits per heavy atom. The zero-order valence-electron chi connectivity index (χ0n) is 15.5. The number of imide groups is 1.